The van der Waals surface area contributed by atoms with Gasteiger partial charge in [-0.05, 0) is 31.2 Å². The Morgan fingerprint density at radius 1 is 1.38 bits per heavy atom. The lowest BCUT2D eigenvalue weighted by molar-refractivity contribution is -0.385. The van der Waals surface area contributed by atoms with Crippen molar-refractivity contribution in [3.63, 3.8) is 0 Å². The number of nitrogen functional groups attached to an aromatic ring is 1. The summed E-state index contributed by atoms with van der Waals surface area (Å²) in [6.07, 6.45) is 1.47. The van der Waals surface area contributed by atoms with Crippen LogP contribution in [0.15, 0.2) is 36.5 Å². The van der Waals surface area contributed by atoms with Gasteiger partial charge in [0.1, 0.15) is 18.2 Å². The molecular weight excluding hydrogens is 272 g/mol. The number of aromatic nitrogens is 1. The SMILES string of the molecule is Cc1cnc(NCCOc2ccc(N)cc2)cc1[N+](=O)[O-]. The highest BCUT2D eigenvalue weighted by atomic mass is 16.6. The molecule has 0 saturated carbocycles. The zero-order valence-corrected chi connectivity index (χ0v) is 11.6. The number of nitrogens with two attached hydrogens (primary N) is 1. The fourth-order valence-electron chi connectivity index (χ4n) is 1.72. The van der Waals surface area contributed by atoms with Gasteiger partial charge in [0.15, 0.2) is 0 Å². The van der Waals surface area contributed by atoms with E-state index in [1.807, 2.05) is 0 Å². The standard InChI is InChI=1S/C14H16N4O3/c1-10-9-17-14(8-13(10)18(19)20)16-6-7-21-12-4-2-11(15)3-5-12/h2-5,8-9H,6-7,15H2,1H3,(H,16,17). The Morgan fingerprint density at radius 2 is 2.10 bits per heavy atom. The lowest BCUT2D eigenvalue weighted by atomic mass is 10.2. The van der Waals surface area contributed by atoms with E-state index in [-0.39, 0.29) is 5.69 Å². The number of aryl methyl sites for hydroxylation is 1. The van der Waals surface area contributed by atoms with E-state index in [4.69, 9.17) is 10.5 Å². The first kappa shape index (κ1) is 14.6. The van der Waals surface area contributed by atoms with Gasteiger partial charge in [-0.15, -0.1) is 0 Å². The van der Waals surface area contributed by atoms with E-state index < -0.39 is 4.92 Å². The third-order valence-electron chi connectivity index (χ3n) is 2.83. The summed E-state index contributed by atoms with van der Waals surface area (Å²) in [7, 11) is 0. The minimum absolute atomic E-state index is 0.0481. The molecular formula is C14H16N4O3. The summed E-state index contributed by atoms with van der Waals surface area (Å²) in [6.45, 7) is 2.55. The highest BCUT2D eigenvalue weighted by Crippen LogP contribution is 2.19. The zero-order chi connectivity index (χ0) is 15.2. The number of nitrogens with one attached hydrogen (secondary N) is 1. The maximum atomic E-state index is 10.8. The van der Waals surface area contributed by atoms with E-state index in [0.29, 0.717) is 36.0 Å². The van der Waals surface area contributed by atoms with Gasteiger partial charge in [0.25, 0.3) is 5.69 Å². The van der Waals surface area contributed by atoms with E-state index in [1.165, 1.54) is 12.3 Å². The van der Waals surface area contributed by atoms with Crippen LogP contribution in [0.4, 0.5) is 17.2 Å². The van der Waals surface area contributed by atoms with Crippen molar-refractivity contribution in [1.82, 2.24) is 4.98 Å². The van der Waals surface area contributed by atoms with E-state index >= 15 is 0 Å². The normalized spacial score (nSPS) is 10.1. The lowest BCUT2D eigenvalue weighted by Gasteiger charge is -2.08. The van der Waals surface area contributed by atoms with Crippen molar-refractivity contribution >= 4 is 17.2 Å². The van der Waals surface area contributed by atoms with Crippen molar-refractivity contribution in [2.45, 2.75) is 6.92 Å². The first-order valence-electron chi connectivity index (χ1n) is 6.39. The number of nitrogens with zero attached hydrogens (tertiary/aromatic N) is 2. The molecule has 1 aromatic heterocycles. The van der Waals surface area contributed by atoms with Gasteiger partial charge >= 0.3 is 0 Å². The Morgan fingerprint density at radius 3 is 2.76 bits per heavy atom. The van der Waals surface area contributed by atoms with Crippen molar-refractivity contribution in [2.75, 3.05) is 24.2 Å². The third kappa shape index (κ3) is 4.07. The van der Waals surface area contributed by atoms with E-state index in [9.17, 15) is 10.1 Å². The predicted octanol–water partition coefficient (Wildman–Crippen LogP) is 2.37. The number of hydrogen-bond donors (Lipinski definition) is 2. The van der Waals surface area contributed by atoms with Crippen molar-refractivity contribution in [1.29, 1.82) is 0 Å². The van der Waals surface area contributed by atoms with Crippen LogP contribution >= 0.6 is 0 Å². The monoisotopic (exact) mass is 288 g/mol. The van der Waals surface area contributed by atoms with Crippen LogP contribution in [0.5, 0.6) is 5.75 Å². The molecule has 21 heavy (non-hydrogen) atoms. The maximum Gasteiger partial charge on any atom is 0.277 e. The molecule has 7 heteroatoms. The molecule has 2 rings (SSSR count). The van der Waals surface area contributed by atoms with Crippen molar-refractivity contribution in [3.05, 3.63) is 52.2 Å². The van der Waals surface area contributed by atoms with Crippen LogP contribution in [0, 0.1) is 17.0 Å². The molecule has 0 atom stereocenters. The fraction of sp³-hybridized carbons (Fsp3) is 0.214. The van der Waals surface area contributed by atoms with Gasteiger partial charge in [-0.25, -0.2) is 4.98 Å². The number of rotatable bonds is 6. The van der Waals surface area contributed by atoms with Crippen LogP contribution in [0.1, 0.15) is 5.56 Å². The van der Waals surface area contributed by atoms with Gasteiger partial charge in [-0.1, -0.05) is 0 Å². The number of nitro groups is 1. The van der Waals surface area contributed by atoms with Gasteiger partial charge in [-0.2, -0.15) is 0 Å². The Labute approximate surface area is 121 Å². The number of hydrogen-bond acceptors (Lipinski definition) is 6. The van der Waals surface area contributed by atoms with E-state index in [2.05, 4.69) is 10.3 Å². The summed E-state index contributed by atoms with van der Waals surface area (Å²) in [4.78, 5) is 14.5. The van der Waals surface area contributed by atoms with Crippen molar-refractivity contribution in [2.24, 2.45) is 0 Å². The van der Waals surface area contributed by atoms with Crippen LogP contribution in [-0.4, -0.2) is 23.1 Å². The molecule has 7 nitrogen and oxygen atoms in total. The summed E-state index contributed by atoms with van der Waals surface area (Å²) in [5.41, 5.74) is 6.83. The summed E-state index contributed by atoms with van der Waals surface area (Å²) in [5, 5.41) is 13.8. The van der Waals surface area contributed by atoms with Crippen LogP contribution in [0.25, 0.3) is 0 Å². The molecule has 0 fully saturated rings. The molecule has 0 aliphatic carbocycles. The number of pyridine rings is 1. The Bertz CT molecular complexity index is 629. The average Bonchev–Trinajstić information content (AvgIpc) is 2.46. The number of anilines is 2. The smallest absolute Gasteiger partial charge is 0.277 e. The summed E-state index contributed by atoms with van der Waals surface area (Å²) in [5.74, 6) is 1.17. The predicted molar refractivity (Wildman–Crippen MR) is 80.5 cm³/mol. The second kappa shape index (κ2) is 6.56. The van der Waals surface area contributed by atoms with Gasteiger partial charge in [-0.3, -0.25) is 10.1 Å². The van der Waals surface area contributed by atoms with Gasteiger partial charge < -0.3 is 15.8 Å². The van der Waals surface area contributed by atoms with Crippen LogP contribution < -0.4 is 15.8 Å². The molecule has 0 unspecified atom stereocenters. The molecule has 2 aromatic rings. The largest absolute Gasteiger partial charge is 0.492 e. The average molecular weight is 288 g/mol. The van der Waals surface area contributed by atoms with Crippen LogP contribution in [0.2, 0.25) is 0 Å². The van der Waals surface area contributed by atoms with E-state index in [0.717, 1.165) is 0 Å². The van der Waals surface area contributed by atoms with Gasteiger partial charge in [0.05, 0.1) is 17.5 Å². The molecule has 0 saturated heterocycles. The van der Waals surface area contributed by atoms with Crippen molar-refractivity contribution in [3.8, 4) is 5.75 Å². The molecule has 0 aliphatic rings. The molecule has 110 valence electrons. The molecule has 0 radical (unpaired) electrons. The summed E-state index contributed by atoms with van der Waals surface area (Å²) < 4.78 is 5.50. The minimum atomic E-state index is -0.424. The summed E-state index contributed by atoms with van der Waals surface area (Å²) in [6, 6.07) is 8.49. The molecule has 3 N–H and O–H groups in total. The van der Waals surface area contributed by atoms with E-state index in [1.54, 1.807) is 31.2 Å². The molecule has 1 aromatic carbocycles. The highest BCUT2D eigenvalue weighted by Gasteiger charge is 2.11. The molecule has 0 bridgehead atoms. The second-order valence-corrected chi connectivity index (χ2v) is 4.46. The molecule has 1 heterocycles. The molecule has 0 amide bonds. The molecule has 0 spiro atoms. The zero-order valence-electron chi connectivity index (χ0n) is 11.6. The summed E-state index contributed by atoms with van der Waals surface area (Å²) >= 11 is 0. The number of ether oxygens (including phenoxy) is 1. The molecule has 0 aliphatic heterocycles. The first-order valence-corrected chi connectivity index (χ1v) is 6.39. The van der Waals surface area contributed by atoms with Gasteiger partial charge in [0, 0.05) is 17.4 Å². The highest BCUT2D eigenvalue weighted by molar-refractivity contribution is 5.48. The van der Waals surface area contributed by atoms with Crippen molar-refractivity contribution < 1.29 is 9.66 Å². The number of benzene rings is 1. The Kier molecular flexibility index (Phi) is 4.55. The lowest BCUT2D eigenvalue weighted by Crippen LogP contribution is -2.12. The Hall–Kier alpha value is -2.83. The fourth-order valence-corrected chi connectivity index (χ4v) is 1.72. The third-order valence-corrected chi connectivity index (χ3v) is 2.83. The Balaban J connectivity index is 1.85. The quantitative estimate of drug-likeness (QED) is 0.366. The van der Waals surface area contributed by atoms with Gasteiger partial charge in [0.2, 0.25) is 0 Å². The minimum Gasteiger partial charge on any atom is -0.492 e. The maximum absolute atomic E-state index is 10.8. The second-order valence-electron chi connectivity index (χ2n) is 4.46. The van der Waals surface area contributed by atoms with Crippen LogP contribution in [0.3, 0.4) is 0 Å². The first-order chi connectivity index (χ1) is 10.1. The topological polar surface area (TPSA) is 103 Å². The van der Waals surface area contributed by atoms with Crippen LogP contribution in [-0.2, 0) is 0 Å².